The highest BCUT2D eigenvalue weighted by Gasteiger charge is 2.46. The molecule has 0 atom stereocenters. The maximum absolute atomic E-state index is 11.2. The maximum atomic E-state index is 11.2. The summed E-state index contributed by atoms with van der Waals surface area (Å²) in [6.07, 6.45) is 5.93. The summed E-state index contributed by atoms with van der Waals surface area (Å²) >= 11 is 0. The molecule has 3 nitrogen and oxygen atoms in total. The third-order valence-corrected chi connectivity index (χ3v) is 3.15. The first kappa shape index (κ1) is 9.19. The number of carboxylic acid groups (broad SMARTS) is 1. The Labute approximate surface area is 82.8 Å². The normalized spacial score (nSPS) is 18.6. The van der Waals surface area contributed by atoms with Gasteiger partial charge in [-0.2, -0.15) is 0 Å². The van der Waals surface area contributed by atoms with Gasteiger partial charge in [-0.05, 0) is 37.0 Å². The lowest BCUT2D eigenvalue weighted by Gasteiger charge is -2.38. The van der Waals surface area contributed by atoms with Crippen LogP contribution >= 0.6 is 0 Å². The van der Waals surface area contributed by atoms with Crippen molar-refractivity contribution in [1.82, 2.24) is 4.98 Å². The van der Waals surface area contributed by atoms with Gasteiger partial charge in [0.25, 0.3) is 0 Å². The number of carbonyl (C=O) groups is 1. The van der Waals surface area contributed by atoms with Crippen LogP contribution in [-0.2, 0) is 10.2 Å². The van der Waals surface area contributed by atoms with Crippen LogP contribution in [0.4, 0.5) is 0 Å². The molecule has 1 aromatic rings. The zero-order chi connectivity index (χ0) is 10.2. The number of carboxylic acids is 1. The van der Waals surface area contributed by atoms with E-state index in [0.717, 1.165) is 30.4 Å². The molecular formula is C11H13NO2. The van der Waals surface area contributed by atoms with Crippen LogP contribution in [0.5, 0.6) is 0 Å². The molecule has 0 amide bonds. The van der Waals surface area contributed by atoms with Crippen LogP contribution in [0, 0.1) is 6.92 Å². The van der Waals surface area contributed by atoms with Gasteiger partial charge < -0.3 is 5.11 Å². The van der Waals surface area contributed by atoms with Gasteiger partial charge in [-0.15, -0.1) is 0 Å². The van der Waals surface area contributed by atoms with E-state index in [2.05, 4.69) is 4.98 Å². The summed E-state index contributed by atoms with van der Waals surface area (Å²) in [6.45, 7) is 1.92. The van der Waals surface area contributed by atoms with E-state index < -0.39 is 11.4 Å². The van der Waals surface area contributed by atoms with Gasteiger partial charge in [0.1, 0.15) is 0 Å². The van der Waals surface area contributed by atoms with Crippen molar-refractivity contribution in [2.75, 3.05) is 0 Å². The lowest BCUT2D eigenvalue weighted by Crippen LogP contribution is -2.42. The molecule has 1 saturated carbocycles. The SMILES string of the molecule is Cc1cnccc1C1(C(=O)O)CCC1. The fraction of sp³-hybridized carbons (Fsp3) is 0.455. The van der Waals surface area contributed by atoms with Crippen molar-refractivity contribution in [1.29, 1.82) is 0 Å². The quantitative estimate of drug-likeness (QED) is 0.776. The van der Waals surface area contributed by atoms with Gasteiger partial charge in [0.15, 0.2) is 0 Å². The van der Waals surface area contributed by atoms with Gasteiger partial charge in [-0.1, -0.05) is 6.42 Å². The molecule has 1 N–H and O–H groups in total. The molecule has 2 rings (SSSR count). The van der Waals surface area contributed by atoms with E-state index in [1.54, 1.807) is 12.4 Å². The molecule has 0 unspecified atom stereocenters. The Balaban J connectivity index is 2.47. The number of aromatic nitrogens is 1. The fourth-order valence-corrected chi connectivity index (χ4v) is 2.14. The van der Waals surface area contributed by atoms with Crippen molar-refractivity contribution in [2.45, 2.75) is 31.6 Å². The molecule has 1 heterocycles. The Bertz CT molecular complexity index is 369. The highest BCUT2D eigenvalue weighted by atomic mass is 16.4. The van der Waals surface area contributed by atoms with Gasteiger partial charge in [-0.3, -0.25) is 9.78 Å². The highest BCUT2D eigenvalue weighted by molar-refractivity contribution is 5.83. The van der Waals surface area contributed by atoms with Crippen LogP contribution in [0.15, 0.2) is 18.5 Å². The third-order valence-electron chi connectivity index (χ3n) is 3.15. The van der Waals surface area contributed by atoms with Crippen LogP contribution in [0.1, 0.15) is 30.4 Å². The maximum Gasteiger partial charge on any atom is 0.314 e. The number of pyridine rings is 1. The van der Waals surface area contributed by atoms with Gasteiger partial charge >= 0.3 is 5.97 Å². The van der Waals surface area contributed by atoms with Gasteiger partial charge in [0, 0.05) is 12.4 Å². The predicted octanol–water partition coefficient (Wildman–Crippen LogP) is 1.90. The molecule has 14 heavy (non-hydrogen) atoms. The summed E-state index contributed by atoms with van der Waals surface area (Å²) in [5.74, 6) is -0.696. The monoisotopic (exact) mass is 191 g/mol. The molecule has 0 aliphatic heterocycles. The Kier molecular flexibility index (Phi) is 2.02. The smallest absolute Gasteiger partial charge is 0.314 e. The van der Waals surface area contributed by atoms with Crippen LogP contribution in [0.25, 0.3) is 0 Å². The number of hydrogen-bond acceptors (Lipinski definition) is 2. The molecule has 0 saturated heterocycles. The lowest BCUT2D eigenvalue weighted by molar-refractivity contribution is -0.147. The highest BCUT2D eigenvalue weighted by Crippen LogP contribution is 2.44. The minimum Gasteiger partial charge on any atom is -0.481 e. The van der Waals surface area contributed by atoms with Crippen molar-refractivity contribution < 1.29 is 9.90 Å². The second-order valence-corrected chi connectivity index (χ2v) is 3.93. The number of nitrogens with zero attached hydrogens (tertiary/aromatic N) is 1. The van der Waals surface area contributed by atoms with E-state index in [1.807, 2.05) is 13.0 Å². The number of aryl methyl sites for hydroxylation is 1. The molecular weight excluding hydrogens is 178 g/mol. The summed E-state index contributed by atoms with van der Waals surface area (Å²) in [5, 5.41) is 9.24. The largest absolute Gasteiger partial charge is 0.481 e. The van der Waals surface area contributed by atoms with Crippen molar-refractivity contribution in [2.24, 2.45) is 0 Å². The summed E-state index contributed by atoms with van der Waals surface area (Å²) in [7, 11) is 0. The van der Waals surface area contributed by atoms with Crippen molar-refractivity contribution >= 4 is 5.97 Å². The minimum absolute atomic E-state index is 0.618. The van der Waals surface area contributed by atoms with Crippen LogP contribution in [0.3, 0.4) is 0 Å². The summed E-state index contributed by atoms with van der Waals surface area (Å²) < 4.78 is 0. The van der Waals surface area contributed by atoms with Crippen molar-refractivity contribution in [3.05, 3.63) is 29.6 Å². The Morgan fingerprint density at radius 3 is 2.71 bits per heavy atom. The molecule has 3 heteroatoms. The van der Waals surface area contributed by atoms with Crippen molar-refractivity contribution in [3.63, 3.8) is 0 Å². The molecule has 1 aliphatic rings. The molecule has 0 radical (unpaired) electrons. The zero-order valence-electron chi connectivity index (χ0n) is 8.16. The minimum atomic E-state index is -0.696. The molecule has 0 spiro atoms. The van der Waals surface area contributed by atoms with E-state index >= 15 is 0 Å². The third kappa shape index (κ3) is 1.12. The van der Waals surface area contributed by atoms with E-state index in [0.29, 0.717) is 0 Å². The summed E-state index contributed by atoms with van der Waals surface area (Å²) in [4.78, 5) is 15.2. The topological polar surface area (TPSA) is 50.2 Å². The Morgan fingerprint density at radius 1 is 1.57 bits per heavy atom. The average molecular weight is 191 g/mol. The van der Waals surface area contributed by atoms with Gasteiger partial charge in [0.2, 0.25) is 0 Å². The standard InChI is InChI=1S/C11H13NO2/c1-8-7-12-6-3-9(8)11(10(13)14)4-2-5-11/h3,6-7H,2,4-5H2,1H3,(H,13,14). The second kappa shape index (κ2) is 3.08. The second-order valence-electron chi connectivity index (χ2n) is 3.93. The number of hydrogen-bond donors (Lipinski definition) is 1. The van der Waals surface area contributed by atoms with Crippen LogP contribution < -0.4 is 0 Å². The van der Waals surface area contributed by atoms with Crippen LogP contribution in [-0.4, -0.2) is 16.1 Å². The van der Waals surface area contributed by atoms with Crippen molar-refractivity contribution in [3.8, 4) is 0 Å². The Morgan fingerprint density at radius 2 is 2.29 bits per heavy atom. The first-order valence-electron chi connectivity index (χ1n) is 4.81. The van der Waals surface area contributed by atoms with Gasteiger partial charge in [0.05, 0.1) is 5.41 Å². The molecule has 1 aromatic heterocycles. The molecule has 1 aliphatic carbocycles. The van der Waals surface area contributed by atoms with E-state index in [9.17, 15) is 9.90 Å². The molecule has 1 fully saturated rings. The number of rotatable bonds is 2. The van der Waals surface area contributed by atoms with E-state index in [4.69, 9.17) is 0 Å². The molecule has 0 aromatic carbocycles. The van der Waals surface area contributed by atoms with E-state index in [-0.39, 0.29) is 0 Å². The fourth-order valence-electron chi connectivity index (χ4n) is 2.14. The molecule has 0 bridgehead atoms. The summed E-state index contributed by atoms with van der Waals surface area (Å²) in [5.41, 5.74) is 1.30. The van der Waals surface area contributed by atoms with Gasteiger partial charge in [-0.25, -0.2) is 0 Å². The van der Waals surface area contributed by atoms with Crippen LogP contribution in [0.2, 0.25) is 0 Å². The Hall–Kier alpha value is -1.38. The van der Waals surface area contributed by atoms with E-state index in [1.165, 1.54) is 0 Å². The zero-order valence-corrected chi connectivity index (χ0v) is 8.16. The molecule has 74 valence electrons. The first-order chi connectivity index (χ1) is 6.67. The average Bonchev–Trinajstić information content (AvgIpc) is 2.05. The lowest BCUT2D eigenvalue weighted by atomic mass is 9.64. The summed E-state index contributed by atoms with van der Waals surface area (Å²) in [6, 6.07) is 1.84. The first-order valence-corrected chi connectivity index (χ1v) is 4.81. The predicted molar refractivity (Wildman–Crippen MR) is 52.1 cm³/mol. The number of aliphatic carboxylic acids is 1.